The minimum atomic E-state index is -0.0522. The van der Waals surface area contributed by atoms with E-state index in [1.165, 1.54) is 0 Å². The monoisotopic (exact) mass is 271 g/mol. The first-order valence-corrected chi connectivity index (χ1v) is 7.32. The van der Waals surface area contributed by atoms with Gasteiger partial charge in [-0.1, -0.05) is 20.8 Å². The normalized spacial score (nSPS) is 31.5. The zero-order valence-corrected chi connectivity index (χ0v) is 12.9. The van der Waals surface area contributed by atoms with Crippen LogP contribution < -0.4 is 5.32 Å². The van der Waals surface area contributed by atoms with Crippen molar-refractivity contribution in [2.24, 2.45) is 17.3 Å². The molecule has 4 atom stereocenters. The minimum Gasteiger partial charge on any atom is -0.396 e. The van der Waals surface area contributed by atoms with Crippen LogP contribution in [0.15, 0.2) is 0 Å². The van der Waals surface area contributed by atoms with E-state index >= 15 is 0 Å². The highest BCUT2D eigenvalue weighted by molar-refractivity contribution is 5.79. The van der Waals surface area contributed by atoms with Gasteiger partial charge in [-0.2, -0.15) is 0 Å². The molecule has 0 aromatic heterocycles. The number of aliphatic hydroxyl groups is 1. The Labute approximate surface area is 116 Å². The molecule has 0 aliphatic carbocycles. The summed E-state index contributed by atoms with van der Waals surface area (Å²) in [5, 5.41) is 11.9. The van der Waals surface area contributed by atoms with Crippen LogP contribution in [0.25, 0.3) is 0 Å². The van der Waals surface area contributed by atoms with Crippen LogP contribution in [-0.2, 0) is 9.53 Å². The number of amides is 1. The molecule has 1 rings (SSSR count). The second kappa shape index (κ2) is 6.71. The first-order chi connectivity index (χ1) is 8.78. The summed E-state index contributed by atoms with van der Waals surface area (Å²) in [6, 6.07) is 0. The fourth-order valence-corrected chi connectivity index (χ4v) is 2.81. The maximum Gasteiger partial charge on any atom is 0.226 e. The van der Waals surface area contributed by atoms with Gasteiger partial charge in [0.05, 0.1) is 18.1 Å². The Morgan fingerprint density at radius 2 is 1.89 bits per heavy atom. The van der Waals surface area contributed by atoms with Crippen LogP contribution >= 0.6 is 0 Å². The van der Waals surface area contributed by atoms with Gasteiger partial charge in [0.1, 0.15) is 0 Å². The Hall–Kier alpha value is -0.610. The second-order valence-corrected chi connectivity index (χ2v) is 6.64. The fraction of sp³-hybridized carbons (Fsp3) is 0.933. The molecular weight excluding hydrogens is 242 g/mol. The van der Waals surface area contributed by atoms with Gasteiger partial charge in [0.2, 0.25) is 5.91 Å². The first-order valence-electron chi connectivity index (χ1n) is 7.32. The third-order valence-electron chi connectivity index (χ3n) is 4.30. The highest BCUT2D eigenvalue weighted by atomic mass is 16.5. The Bertz CT molecular complexity index is 304. The molecule has 0 bridgehead atoms. The summed E-state index contributed by atoms with van der Waals surface area (Å²) in [6.45, 7) is 11.2. The molecule has 4 unspecified atom stereocenters. The molecule has 1 heterocycles. The number of hydrogen-bond acceptors (Lipinski definition) is 3. The van der Waals surface area contributed by atoms with Gasteiger partial charge in [0, 0.05) is 13.2 Å². The van der Waals surface area contributed by atoms with Crippen molar-refractivity contribution in [2.75, 3.05) is 13.2 Å². The molecule has 1 amide bonds. The lowest BCUT2D eigenvalue weighted by atomic mass is 9.86. The average molecular weight is 271 g/mol. The second-order valence-electron chi connectivity index (χ2n) is 6.64. The molecular formula is C15H29NO3. The summed E-state index contributed by atoms with van der Waals surface area (Å²) < 4.78 is 5.71. The van der Waals surface area contributed by atoms with Gasteiger partial charge in [-0.25, -0.2) is 0 Å². The van der Waals surface area contributed by atoms with Crippen LogP contribution in [0.3, 0.4) is 0 Å². The van der Waals surface area contributed by atoms with Gasteiger partial charge in [-0.05, 0) is 38.0 Å². The predicted octanol–water partition coefficient (Wildman–Crippen LogP) is 1.96. The maximum absolute atomic E-state index is 12.3. The summed E-state index contributed by atoms with van der Waals surface area (Å²) in [4.78, 5) is 12.3. The average Bonchev–Trinajstić information content (AvgIpc) is 2.58. The van der Waals surface area contributed by atoms with Gasteiger partial charge >= 0.3 is 0 Å². The largest absolute Gasteiger partial charge is 0.396 e. The third kappa shape index (κ3) is 4.46. The number of ether oxygens (including phenoxy) is 1. The molecule has 1 fully saturated rings. The Balaban J connectivity index is 2.47. The Morgan fingerprint density at radius 1 is 1.26 bits per heavy atom. The van der Waals surface area contributed by atoms with Crippen LogP contribution in [0.2, 0.25) is 0 Å². The number of carbonyl (C=O) groups is 1. The molecule has 1 aliphatic rings. The van der Waals surface area contributed by atoms with Crippen molar-refractivity contribution < 1.29 is 14.6 Å². The zero-order valence-electron chi connectivity index (χ0n) is 12.9. The van der Waals surface area contributed by atoms with E-state index in [0.29, 0.717) is 6.54 Å². The summed E-state index contributed by atoms with van der Waals surface area (Å²) in [7, 11) is 0. The van der Waals surface area contributed by atoms with E-state index in [4.69, 9.17) is 9.84 Å². The van der Waals surface area contributed by atoms with Crippen molar-refractivity contribution in [3.8, 4) is 0 Å². The minimum absolute atomic E-state index is 0.00875. The van der Waals surface area contributed by atoms with E-state index in [0.717, 1.165) is 12.8 Å². The quantitative estimate of drug-likeness (QED) is 0.776. The topological polar surface area (TPSA) is 58.6 Å². The predicted molar refractivity (Wildman–Crippen MR) is 75.8 cm³/mol. The zero-order chi connectivity index (χ0) is 14.6. The van der Waals surface area contributed by atoms with Gasteiger partial charge in [-0.3, -0.25) is 4.79 Å². The van der Waals surface area contributed by atoms with Crippen molar-refractivity contribution in [2.45, 2.75) is 59.7 Å². The number of hydrogen-bond donors (Lipinski definition) is 2. The standard InChI is InChI=1S/C15H29NO3/c1-10-11(2)19-12(3)13(10)14(18)16-9-15(4,5)7-6-8-17/h10-13,17H,6-9H2,1-5H3,(H,16,18). The molecule has 1 aliphatic heterocycles. The summed E-state index contributed by atoms with van der Waals surface area (Å²) in [5.41, 5.74) is 0.0238. The highest BCUT2D eigenvalue weighted by Crippen LogP contribution is 2.32. The number of aliphatic hydroxyl groups excluding tert-OH is 1. The Kier molecular flexibility index (Phi) is 5.81. The van der Waals surface area contributed by atoms with Gasteiger partial charge in [0.15, 0.2) is 0 Å². The number of rotatable bonds is 6. The molecule has 0 saturated carbocycles. The SMILES string of the molecule is CC1OC(C)C(C(=O)NCC(C)(C)CCCO)C1C. The molecule has 4 nitrogen and oxygen atoms in total. The van der Waals surface area contributed by atoms with E-state index in [2.05, 4.69) is 26.1 Å². The molecule has 112 valence electrons. The van der Waals surface area contributed by atoms with E-state index < -0.39 is 0 Å². The Morgan fingerprint density at radius 3 is 2.37 bits per heavy atom. The molecule has 19 heavy (non-hydrogen) atoms. The van der Waals surface area contributed by atoms with Gasteiger partial charge < -0.3 is 15.2 Å². The molecule has 0 spiro atoms. The lowest BCUT2D eigenvalue weighted by molar-refractivity contribution is -0.127. The smallest absolute Gasteiger partial charge is 0.226 e. The molecule has 0 aromatic rings. The van der Waals surface area contributed by atoms with Gasteiger partial charge in [-0.15, -0.1) is 0 Å². The summed E-state index contributed by atoms with van der Waals surface area (Å²) in [5.74, 6) is 0.306. The molecule has 0 radical (unpaired) electrons. The van der Waals surface area contributed by atoms with Crippen LogP contribution in [0, 0.1) is 17.3 Å². The van der Waals surface area contributed by atoms with E-state index in [-0.39, 0.29) is 42.0 Å². The van der Waals surface area contributed by atoms with Crippen LogP contribution in [0.5, 0.6) is 0 Å². The number of carbonyl (C=O) groups excluding carboxylic acids is 1. The van der Waals surface area contributed by atoms with Crippen molar-refractivity contribution in [3.05, 3.63) is 0 Å². The van der Waals surface area contributed by atoms with Gasteiger partial charge in [0.25, 0.3) is 0 Å². The van der Waals surface area contributed by atoms with Crippen LogP contribution in [0.1, 0.15) is 47.5 Å². The number of nitrogens with one attached hydrogen (secondary N) is 1. The van der Waals surface area contributed by atoms with Crippen molar-refractivity contribution in [3.63, 3.8) is 0 Å². The maximum atomic E-state index is 12.3. The fourth-order valence-electron chi connectivity index (χ4n) is 2.81. The molecule has 4 heteroatoms. The van der Waals surface area contributed by atoms with E-state index in [1.54, 1.807) is 0 Å². The van der Waals surface area contributed by atoms with Crippen molar-refractivity contribution >= 4 is 5.91 Å². The van der Waals surface area contributed by atoms with E-state index in [9.17, 15) is 4.79 Å². The molecule has 1 saturated heterocycles. The lowest BCUT2D eigenvalue weighted by Gasteiger charge is -2.26. The summed E-state index contributed by atoms with van der Waals surface area (Å²) >= 11 is 0. The van der Waals surface area contributed by atoms with Crippen LogP contribution in [-0.4, -0.2) is 36.4 Å². The highest BCUT2D eigenvalue weighted by Gasteiger charge is 2.41. The van der Waals surface area contributed by atoms with Crippen LogP contribution in [0.4, 0.5) is 0 Å². The van der Waals surface area contributed by atoms with Crippen molar-refractivity contribution in [1.29, 1.82) is 0 Å². The lowest BCUT2D eigenvalue weighted by Crippen LogP contribution is -2.41. The molecule has 0 aromatic carbocycles. The summed E-state index contributed by atoms with van der Waals surface area (Å²) in [6.07, 6.45) is 1.82. The third-order valence-corrected chi connectivity index (χ3v) is 4.30. The van der Waals surface area contributed by atoms with Crippen molar-refractivity contribution in [1.82, 2.24) is 5.32 Å². The molecule has 2 N–H and O–H groups in total. The van der Waals surface area contributed by atoms with E-state index in [1.807, 2.05) is 13.8 Å². The first kappa shape index (κ1) is 16.4.